The minimum atomic E-state index is -4.65. The lowest BCUT2D eigenvalue weighted by Crippen LogP contribution is -2.57. The van der Waals surface area contributed by atoms with Crippen LogP contribution in [0.3, 0.4) is 0 Å². The van der Waals surface area contributed by atoms with Gasteiger partial charge in [-0.2, -0.15) is 13.2 Å². The van der Waals surface area contributed by atoms with Gasteiger partial charge in [0.1, 0.15) is 23.1 Å². The highest BCUT2D eigenvalue weighted by molar-refractivity contribution is 5.94. The largest absolute Gasteiger partial charge is 0.419 e. The molecule has 12 heteroatoms. The van der Waals surface area contributed by atoms with Crippen LogP contribution >= 0.6 is 0 Å². The van der Waals surface area contributed by atoms with Crippen molar-refractivity contribution in [1.29, 1.82) is 0 Å². The summed E-state index contributed by atoms with van der Waals surface area (Å²) in [6.07, 6.45) is -0.491. The first-order valence-corrected chi connectivity index (χ1v) is 12.2. The van der Waals surface area contributed by atoms with Crippen LogP contribution in [-0.4, -0.2) is 61.3 Å². The van der Waals surface area contributed by atoms with Gasteiger partial charge >= 0.3 is 6.18 Å². The standard InChI is InChI=1S/C25H25F4N7O/c1-12-21(13(2)37-35-12)19-7-6-15-16(8-30-23(15)32-19)22-17(25(27,28)29)9-31-24(34-22)33-18-4-3-5-20(18)36-10-14(26)11-36/h6-9,14,18,20H,3-5,10-11H2,1-2H3,(H,30,32)(H,31,33,34)/t18-,20-/m0/s1. The fourth-order valence-corrected chi connectivity index (χ4v) is 5.49. The highest BCUT2D eigenvalue weighted by atomic mass is 19.4. The van der Waals surface area contributed by atoms with E-state index in [-0.39, 0.29) is 29.3 Å². The molecule has 1 aliphatic heterocycles. The molecule has 1 saturated carbocycles. The Balaban J connectivity index is 1.36. The number of aromatic amines is 1. The first-order chi connectivity index (χ1) is 17.7. The maximum absolute atomic E-state index is 14.0. The number of aromatic nitrogens is 5. The summed E-state index contributed by atoms with van der Waals surface area (Å²) in [6.45, 7) is 4.36. The van der Waals surface area contributed by atoms with Crippen molar-refractivity contribution in [2.45, 2.75) is 57.5 Å². The van der Waals surface area contributed by atoms with E-state index in [1.54, 1.807) is 26.0 Å². The van der Waals surface area contributed by atoms with Crippen molar-refractivity contribution in [3.05, 3.63) is 41.5 Å². The maximum atomic E-state index is 14.0. The molecule has 0 amide bonds. The molecule has 8 nitrogen and oxygen atoms in total. The Labute approximate surface area is 209 Å². The number of nitrogens with zero attached hydrogens (tertiary/aromatic N) is 5. The molecule has 1 aliphatic carbocycles. The third-order valence-corrected chi connectivity index (χ3v) is 7.31. The normalized spacial score (nSPS) is 21.0. The van der Waals surface area contributed by atoms with Gasteiger partial charge in [0.2, 0.25) is 5.95 Å². The Morgan fingerprint density at radius 1 is 1.14 bits per heavy atom. The van der Waals surface area contributed by atoms with Crippen molar-refractivity contribution < 1.29 is 22.1 Å². The summed E-state index contributed by atoms with van der Waals surface area (Å²) in [5.41, 5.74) is 1.55. The van der Waals surface area contributed by atoms with Gasteiger partial charge in [0.15, 0.2) is 0 Å². The second-order valence-corrected chi connectivity index (χ2v) is 9.75. The van der Waals surface area contributed by atoms with E-state index in [4.69, 9.17) is 4.52 Å². The molecule has 0 spiro atoms. The number of hydrogen-bond acceptors (Lipinski definition) is 7. The second kappa shape index (κ2) is 8.79. The van der Waals surface area contributed by atoms with Crippen LogP contribution in [0.5, 0.6) is 0 Å². The van der Waals surface area contributed by atoms with Crippen LogP contribution in [-0.2, 0) is 6.18 Å². The van der Waals surface area contributed by atoms with Crippen LogP contribution < -0.4 is 5.32 Å². The van der Waals surface area contributed by atoms with Gasteiger partial charge in [0, 0.05) is 48.5 Å². The molecule has 2 atom stereocenters. The van der Waals surface area contributed by atoms with E-state index in [1.165, 1.54) is 6.20 Å². The zero-order chi connectivity index (χ0) is 25.9. The minimum absolute atomic E-state index is 0.0562. The fourth-order valence-electron chi connectivity index (χ4n) is 5.49. The molecule has 0 unspecified atom stereocenters. The number of fused-ring (bicyclic) bond motifs is 1. The van der Waals surface area contributed by atoms with Crippen LogP contribution in [0.15, 0.2) is 29.0 Å². The molecule has 4 aromatic heterocycles. The van der Waals surface area contributed by atoms with Crippen molar-refractivity contribution in [3.63, 3.8) is 0 Å². The third-order valence-electron chi connectivity index (χ3n) is 7.31. The summed E-state index contributed by atoms with van der Waals surface area (Å²) in [6, 6.07) is 3.50. The van der Waals surface area contributed by atoms with E-state index < -0.39 is 17.9 Å². The quantitative estimate of drug-likeness (QED) is 0.349. The minimum Gasteiger partial charge on any atom is -0.361 e. The predicted octanol–water partition coefficient (Wildman–Crippen LogP) is 5.30. The van der Waals surface area contributed by atoms with Crippen molar-refractivity contribution in [1.82, 2.24) is 30.0 Å². The Bertz CT molecular complexity index is 1440. The number of H-pyrrole nitrogens is 1. The number of aryl methyl sites for hydroxylation is 2. The summed E-state index contributed by atoms with van der Waals surface area (Å²) in [7, 11) is 0. The number of halogens is 4. The molecule has 4 aromatic rings. The third kappa shape index (κ3) is 4.22. The molecule has 0 aromatic carbocycles. The van der Waals surface area contributed by atoms with E-state index in [0.717, 1.165) is 31.0 Å². The number of hydrogen-bond donors (Lipinski definition) is 2. The Morgan fingerprint density at radius 3 is 2.65 bits per heavy atom. The maximum Gasteiger partial charge on any atom is 0.419 e. The van der Waals surface area contributed by atoms with Crippen LogP contribution in [0.2, 0.25) is 0 Å². The number of nitrogens with one attached hydrogen (secondary N) is 2. The Kier molecular flexibility index (Phi) is 5.66. The lowest BCUT2D eigenvalue weighted by Gasteiger charge is -2.41. The summed E-state index contributed by atoms with van der Waals surface area (Å²) in [5, 5.41) is 7.68. The number of alkyl halides is 4. The van der Waals surface area contributed by atoms with Gasteiger partial charge in [-0.05, 0) is 45.2 Å². The SMILES string of the molecule is Cc1noc(C)c1-c1ccc2c(-c3nc(N[C@H]4CCC[C@@H]4N4CC(F)C4)ncc3C(F)(F)F)c[nH]c2n1. The van der Waals surface area contributed by atoms with E-state index in [1.807, 2.05) is 0 Å². The highest BCUT2D eigenvalue weighted by Gasteiger charge is 2.40. The van der Waals surface area contributed by atoms with Crippen molar-refractivity contribution in [2.75, 3.05) is 18.4 Å². The van der Waals surface area contributed by atoms with Gasteiger partial charge in [-0.1, -0.05) is 5.16 Å². The van der Waals surface area contributed by atoms with Crippen LogP contribution in [0.4, 0.5) is 23.5 Å². The van der Waals surface area contributed by atoms with Gasteiger partial charge in [-0.15, -0.1) is 0 Å². The van der Waals surface area contributed by atoms with E-state index >= 15 is 0 Å². The average Bonchev–Trinajstić information content (AvgIpc) is 3.54. The van der Waals surface area contributed by atoms with Gasteiger partial charge < -0.3 is 14.8 Å². The molecule has 0 radical (unpaired) electrons. The van der Waals surface area contributed by atoms with E-state index in [2.05, 4.69) is 35.3 Å². The molecular formula is C25H25F4N7O. The topological polar surface area (TPSA) is 95.8 Å². The van der Waals surface area contributed by atoms with Gasteiger partial charge in [-0.3, -0.25) is 4.90 Å². The molecule has 37 heavy (non-hydrogen) atoms. The number of likely N-dealkylation sites (tertiary alicyclic amines) is 1. The van der Waals surface area contributed by atoms with Crippen LogP contribution in [0.1, 0.15) is 36.3 Å². The Hall–Kier alpha value is -3.54. The molecule has 2 aliphatic rings. The summed E-state index contributed by atoms with van der Waals surface area (Å²) >= 11 is 0. The molecule has 5 heterocycles. The molecule has 6 rings (SSSR count). The smallest absolute Gasteiger partial charge is 0.361 e. The zero-order valence-corrected chi connectivity index (χ0v) is 20.2. The molecule has 1 saturated heterocycles. The lowest BCUT2D eigenvalue weighted by atomic mass is 10.0. The zero-order valence-electron chi connectivity index (χ0n) is 20.2. The molecule has 2 N–H and O–H groups in total. The fraction of sp³-hybridized carbons (Fsp3) is 0.440. The lowest BCUT2D eigenvalue weighted by molar-refractivity contribution is -0.137. The predicted molar refractivity (Wildman–Crippen MR) is 129 cm³/mol. The number of pyridine rings is 1. The molecule has 194 valence electrons. The molecule has 0 bridgehead atoms. The van der Waals surface area contributed by atoms with Gasteiger partial charge in [-0.25, -0.2) is 19.3 Å². The summed E-state index contributed by atoms with van der Waals surface area (Å²) < 4.78 is 60.6. The number of rotatable bonds is 5. The van der Waals surface area contributed by atoms with Gasteiger partial charge in [0.05, 0.1) is 22.6 Å². The Morgan fingerprint density at radius 2 is 1.95 bits per heavy atom. The van der Waals surface area contributed by atoms with E-state index in [9.17, 15) is 17.6 Å². The first kappa shape index (κ1) is 23.8. The molecular weight excluding hydrogens is 490 g/mol. The first-order valence-electron chi connectivity index (χ1n) is 12.2. The van der Waals surface area contributed by atoms with Crippen molar-refractivity contribution >= 4 is 17.0 Å². The second-order valence-electron chi connectivity index (χ2n) is 9.75. The number of anilines is 1. The average molecular weight is 516 g/mol. The summed E-state index contributed by atoms with van der Waals surface area (Å²) in [4.78, 5) is 18.0. The molecule has 2 fully saturated rings. The van der Waals surface area contributed by atoms with Crippen molar-refractivity contribution in [2.24, 2.45) is 0 Å². The van der Waals surface area contributed by atoms with E-state index in [0.29, 0.717) is 41.3 Å². The van der Waals surface area contributed by atoms with Gasteiger partial charge in [0.25, 0.3) is 0 Å². The summed E-state index contributed by atoms with van der Waals surface area (Å²) in [5.74, 6) is 0.722. The van der Waals surface area contributed by atoms with Crippen molar-refractivity contribution in [3.8, 4) is 22.5 Å². The highest BCUT2D eigenvalue weighted by Crippen LogP contribution is 2.39. The monoisotopic (exact) mass is 515 g/mol. The van der Waals surface area contributed by atoms with Crippen LogP contribution in [0, 0.1) is 13.8 Å². The van der Waals surface area contributed by atoms with Crippen LogP contribution in [0.25, 0.3) is 33.5 Å².